The molecule has 8 nitrogen and oxygen atoms in total. The fourth-order valence-corrected chi connectivity index (χ4v) is 5.38. The summed E-state index contributed by atoms with van der Waals surface area (Å²) in [4.78, 5) is 42.6. The largest absolute Gasteiger partial charge is 0.325 e. The minimum absolute atomic E-state index is 0.104. The summed E-state index contributed by atoms with van der Waals surface area (Å²) in [5.41, 5.74) is 1.70. The molecule has 36 heavy (non-hydrogen) atoms. The molecule has 0 spiro atoms. The average molecular weight is 531 g/mol. The molecule has 1 atom stereocenters. The monoisotopic (exact) mass is 530 g/mol. The molecule has 1 fully saturated rings. The minimum Gasteiger partial charge on any atom is -0.325 e. The number of allylic oxidation sites excluding steroid dienone is 1. The van der Waals surface area contributed by atoms with Gasteiger partial charge in [-0.3, -0.25) is 24.6 Å². The summed E-state index contributed by atoms with van der Waals surface area (Å²) in [5.74, 6) is -1.12. The number of carbonyl (C=O) groups excluding carboxylic acids is 2. The summed E-state index contributed by atoms with van der Waals surface area (Å²) in [7, 11) is 0. The van der Waals surface area contributed by atoms with E-state index in [9.17, 15) is 24.1 Å². The van der Waals surface area contributed by atoms with Crippen molar-refractivity contribution in [3.8, 4) is 0 Å². The van der Waals surface area contributed by atoms with Crippen molar-refractivity contribution in [1.29, 1.82) is 0 Å². The molecule has 2 amide bonds. The van der Waals surface area contributed by atoms with Gasteiger partial charge in [-0.25, -0.2) is 9.38 Å². The topological polar surface area (TPSA) is 105 Å². The number of rotatable bonds is 8. The Hall–Kier alpha value is -3.24. The number of benzene rings is 2. The van der Waals surface area contributed by atoms with Crippen molar-refractivity contribution in [2.24, 2.45) is 4.99 Å². The smallest absolute Gasteiger partial charge is 0.271 e. The Morgan fingerprint density at radius 1 is 1.25 bits per heavy atom. The lowest BCUT2D eigenvalue weighted by Crippen LogP contribution is -2.34. The molecule has 11 heteroatoms. The van der Waals surface area contributed by atoms with Crippen LogP contribution in [0.4, 0.5) is 21.5 Å². The Morgan fingerprint density at radius 3 is 2.72 bits per heavy atom. The molecule has 1 heterocycles. The van der Waals surface area contributed by atoms with Crippen LogP contribution in [-0.4, -0.2) is 38.6 Å². The summed E-state index contributed by atoms with van der Waals surface area (Å²) >= 11 is 7.26. The Kier molecular flexibility index (Phi) is 8.37. The highest BCUT2D eigenvalue weighted by atomic mass is 35.5. The number of halogens is 2. The molecular formula is C25H24ClFN4O4S. The molecule has 188 valence electrons. The zero-order valence-corrected chi connectivity index (χ0v) is 20.9. The third-order valence-electron chi connectivity index (χ3n) is 5.92. The van der Waals surface area contributed by atoms with E-state index in [1.807, 2.05) is 0 Å². The van der Waals surface area contributed by atoms with Crippen molar-refractivity contribution in [3.05, 3.63) is 75.1 Å². The quantitative estimate of drug-likeness (QED) is 0.247. The lowest BCUT2D eigenvalue weighted by atomic mass is 9.97. The molecule has 0 bridgehead atoms. The van der Waals surface area contributed by atoms with Gasteiger partial charge in [0.05, 0.1) is 21.3 Å². The van der Waals surface area contributed by atoms with Crippen LogP contribution in [0.3, 0.4) is 0 Å². The lowest BCUT2D eigenvalue weighted by molar-refractivity contribution is -0.384. The van der Waals surface area contributed by atoms with Gasteiger partial charge in [0, 0.05) is 25.1 Å². The molecule has 2 aliphatic rings. The second-order valence-electron chi connectivity index (χ2n) is 8.50. The van der Waals surface area contributed by atoms with Gasteiger partial charge in [0.2, 0.25) is 11.8 Å². The number of carbonyl (C=O) groups is 2. The molecule has 2 aromatic rings. The zero-order chi connectivity index (χ0) is 25.7. The van der Waals surface area contributed by atoms with E-state index >= 15 is 0 Å². The molecule has 1 aliphatic carbocycles. The summed E-state index contributed by atoms with van der Waals surface area (Å²) < 4.78 is 13.3. The normalized spacial score (nSPS) is 18.9. The molecule has 2 aromatic carbocycles. The molecular weight excluding hydrogens is 507 g/mol. The van der Waals surface area contributed by atoms with Crippen LogP contribution in [0, 0.1) is 15.9 Å². The van der Waals surface area contributed by atoms with Gasteiger partial charge in [0.1, 0.15) is 11.1 Å². The van der Waals surface area contributed by atoms with Crippen molar-refractivity contribution < 1.29 is 18.9 Å². The van der Waals surface area contributed by atoms with E-state index in [-0.39, 0.29) is 34.5 Å². The van der Waals surface area contributed by atoms with E-state index in [0.29, 0.717) is 17.4 Å². The molecule has 1 aliphatic heterocycles. The number of nitrogens with zero attached hydrogens (tertiary/aromatic N) is 3. The first-order valence-corrected chi connectivity index (χ1v) is 12.8. The average Bonchev–Trinajstić information content (AvgIpc) is 3.14. The SMILES string of the molecule is O=C(CC1SC(=Nc2ccc(F)cc2)N(CCC2=CCCCC2)C1=O)Nc1cc([N+](=O)[O-])ccc1Cl. The summed E-state index contributed by atoms with van der Waals surface area (Å²) in [6, 6.07) is 9.40. The Labute approximate surface area is 216 Å². The van der Waals surface area contributed by atoms with Crippen molar-refractivity contribution in [1.82, 2.24) is 4.90 Å². The lowest BCUT2D eigenvalue weighted by Gasteiger charge is -2.19. The van der Waals surface area contributed by atoms with Crippen LogP contribution in [0.5, 0.6) is 0 Å². The number of amidine groups is 1. The zero-order valence-electron chi connectivity index (χ0n) is 19.3. The fraction of sp³-hybridized carbons (Fsp3) is 0.320. The van der Waals surface area contributed by atoms with Gasteiger partial charge in [-0.15, -0.1) is 0 Å². The van der Waals surface area contributed by atoms with E-state index < -0.39 is 16.1 Å². The minimum atomic E-state index is -0.720. The van der Waals surface area contributed by atoms with Gasteiger partial charge >= 0.3 is 0 Å². The Morgan fingerprint density at radius 2 is 2.03 bits per heavy atom. The summed E-state index contributed by atoms with van der Waals surface area (Å²) in [6.07, 6.45) is 7.13. The number of non-ortho nitro benzene ring substituents is 1. The molecule has 4 rings (SSSR count). The number of hydrogen-bond donors (Lipinski definition) is 1. The van der Waals surface area contributed by atoms with Crippen LogP contribution >= 0.6 is 23.4 Å². The third kappa shape index (κ3) is 6.50. The van der Waals surface area contributed by atoms with Crippen molar-refractivity contribution in [2.45, 2.75) is 43.8 Å². The van der Waals surface area contributed by atoms with Crippen LogP contribution in [0.25, 0.3) is 0 Å². The van der Waals surface area contributed by atoms with E-state index in [1.54, 1.807) is 4.90 Å². The van der Waals surface area contributed by atoms with Crippen molar-refractivity contribution in [3.63, 3.8) is 0 Å². The Balaban J connectivity index is 1.49. The number of nitrogens with one attached hydrogen (secondary N) is 1. The highest BCUT2D eigenvalue weighted by molar-refractivity contribution is 8.15. The molecule has 0 saturated carbocycles. The number of aliphatic imine (C=N–C) groups is 1. The maximum Gasteiger partial charge on any atom is 0.271 e. The first kappa shape index (κ1) is 25.8. The van der Waals surface area contributed by atoms with Crippen molar-refractivity contribution >= 4 is 57.4 Å². The van der Waals surface area contributed by atoms with E-state index in [0.717, 1.165) is 25.7 Å². The number of thioether (sulfide) groups is 1. The van der Waals surface area contributed by atoms with Crippen LogP contribution in [0.1, 0.15) is 38.5 Å². The van der Waals surface area contributed by atoms with Gasteiger partial charge in [-0.1, -0.05) is 35.0 Å². The van der Waals surface area contributed by atoms with Crippen LogP contribution < -0.4 is 5.32 Å². The number of hydrogen-bond acceptors (Lipinski definition) is 6. The predicted octanol–water partition coefficient (Wildman–Crippen LogP) is 6.24. The standard InChI is InChI=1S/C25H24ClFN4O4S/c26-20-11-10-19(31(34)35)14-21(20)29-23(32)15-22-24(33)30(13-12-16-4-2-1-3-5-16)25(36-22)28-18-8-6-17(27)7-9-18/h4,6-11,14,22H,1-3,5,12-13,15H2,(H,29,32). The summed E-state index contributed by atoms with van der Waals surface area (Å²) in [5, 5.41) is 13.5. The van der Waals surface area contributed by atoms with Gasteiger partial charge in [-0.05, 0) is 62.4 Å². The van der Waals surface area contributed by atoms with Gasteiger partial charge in [0.15, 0.2) is 5.17 Å². The van der Waals surface area contributed by atoms with Gasteiger partial charge in [0.25, 0.3) is 5.69 Å². The molecule has 1 unspecified atom stereocenters. The second-order valence-corrected chi connectivity index (χ2v) is 10.1. The second kappa shape index (κ2) is 11.7. The maximum absolute atomic E-state index is 13.3. The van der Waals surface area contributed by atoms with Crippen molar-refractivity contribution in [2.75, 3.05) is 11.9 Å². The highest BCUT2D eigenvalue weighted by Crippen LogP contribution is 2.34. The van der Waals surface area contributed by atoms with Gasteiger partial charge < -0.3 is 5.32 Å². The van der Waals surface area contributed by atoms with E-state index in [1.165, 1.54) is 66.2 Å². The summed E-state index contributed by atoms with van der Waals surface area (Å²) in [6.45, 7) is 0.437. The maximum atomic E-state index is 13.3. The number of nitro groups is 1. The van der Waals surface area contributed by atoms with Crippen LogP contribution in [-0.2, 0) is 9.59 Å². The molecule has 0 radical (unpaired) electrons. The van der Waals surface area contributed by atoms with Crippen LogP contribution in [0.15, 0.2) is 59.1 Å². The van der Waals surface area contributed by atoms with Gasteiger partial charge in [-0.2, -0.15) is 0 Å². The predicted molar refractivity (Wildman–Crippen MR) is 139 cm³/mol. The Bertz CT molecular complexity index is 1240. The fourth-order valence-electron chi connectivity index (χ4n) is 4.04. The number of nitro benzene ring substituents is 1. The number of anilines is 1. The van der Waals surface area contributed by atoms with E-state index in [2.05, 4.69) is 16.4 Å². The molecule has 0 aromatic heterocycles. The molecule has 1 N–H and O–H groups in total. The van der Waals surface area contributed by atoms with Crippen LogP contribution in [0.2, 0.25) is 5.02 Å². The third-order valence-corrected chi connectivity index (χ3v) is 7.42. The first-order valence-electron chi connectivity index (χ1n) is 11.5. The number of amides is 2. The first-order chi connectivity index (χ1) is 17.3. The van der Waals surface area contributed by atoms with E-state index in [4.69, 9.17) is 11.6 Å². The molecule has 1 saturated heterocycles. The highest BCUT2D eigenvalue weighted by Gasteiger charge is 2.39.